The lowest BCUT2D eigenvalue weighted by atomic mass is 9.65. The largest absolute Gasteiger partial charge is 0.577 e. The Balaban J connectivity index is -0.0000000829. The van der Waals surface area contributed by atoms with E-state index in [0.717, 1.165) is 16.7 Å². The Morgan fingerprint density at radius 3 is 1.28 bits per heavy atom. The van der Waals surface area contributed by atoms with Crippen molar-refractivity contribution in [2.24, 2.45) is 16.2 Å². The van der Waals surface area contributed by atoms with Crippen molar-refractivity contribution in [2.45, 2.75) is 146 Å². The van der Waals surface area contributed by atoms with Crippen LogP contribution >= 0.6 is 9.90 Å². The van der Waals surface area contributed by atoms with E-state index in [0.29, 0.717) is 12.8 Å². The highest BCUT2D eigenvalue weighted by Crippen LogP contribution is 2.45. The number of ether oxygens (including phenoxy) is 2. The van der Waals surface area contributed by atoms with Crippen LogP contribution in [0.1, 0.15) is 138 Å². The summed E-state index contributed by atoms with van der Waals surface area (Å²) in [6.07, 6.45) is 0.875. The van der Waals surface area contributed by atoms with Crippen molar-refractivity contribution in [3.8, 4) is 0 Å². The number of hydrogen-bond acceptors (Lipinski definition) is 9. The molecule has 0 aliphatic heterocycles. The third-order valence-electron chi connectivity index (χ3n) is 8.02. The summed E-state index contributed by atoms with van der Waals surface area (Å²) in [6, 6.07) is 19.2. The Labute approximate surface area is 375 Å². The van der Waals surface area contributed by atoms with Crippen molar-refractivity contribution in [1.29, 1.82) is 0 Å². The summed E-state index contributed by atoms with van der Waals surface area (Å²) < 4.78 is 10.3. The number of rotatable bonds is 16. The van der Waals surface area contributed by atoms with E-state index in [9.17, 15) is 29.1 Å². The van der Waals surface area contributed by atoms with Gasteiger partial charge in [-0.1, -0.05) is 139 Å². The molecule has 0 fully saturated rings. The molecule has 358 valence electrons. The number of carbonyl (C=O) groups excluding carboxylic acids is 2. The molecule has 3 unspecified atom stereocenters. The van der Waals surface area contributed by atoms with E-state index in [1.807, 2.05) is 74.5 Å². The number of carboxylic acid groups (broad SMARTS) is 3. The number of aliphatic carboxylic acids is 3. The lowest BCUT2D eigenvalue weighted by molar-refractivity contribution is -0.267. The summed E-state index contributed by atoms with van der Waals surface area (Å²) >= 11 is 0. The lowest BCUT2D eigenvalue weighted by Gasteiger charge is -2.38. The van der Waals surface area contributed by atoms with Crippen LogP contribution in [0.4, 0.5) is 0 Å². The van der Waals surface area contributed by atoms with E-state index in [-0.39, 0.29) is 98.6 Å². The van der Waals surface area contributed by atoms with Gasteiger partial charge >= 0.3 is 29.8 Å². The molecule has 0 saturated heterocycles. The van der Waals surface area contributed by atoms with E-state index >= 15 is 0 Å². The summed E-state index contributed by atoms with van der Waals surface area (Å²) in [5.74, 6) is -3.85. The monoisotopic (exact) mass is 888 g/mol. The SMILES string of the molecule is C.C.C.C.C.C.C.C=C(C)C(=O)O.C=C(C)C(=O)O.C=C(C)C(Cc1ccccc1)OO.CCC(C)(CC(C)(CC(C)(C)C(=O)OC)C(=O)O)C(=O)OCc1ccccc1.[PH2-]. The van der Waals surface area contributed by atoms with E-state index < -0.39 is 46.1 Å². The third-order valence-corrected chi connectivity index (χ3v) is 8.02. The van der Waals surface area contributed by atoms with Gasteiger partial charge in [-0.3, -0.25) is 19.6 Å². The predicted molar refractivity (Wildman–Crippen MR) is 260 cm³/mol. The first-order chi connectivity index (χ1) is 24.4. The molecule has 2 aromatic carbocycles. The molecule has 0 aromatic heterocycles. The second-order valence-electron chi connectivity index (χ2n) is 13.9. The second kappa shape index (κ2) is 39.5. The Morgan fingerprint density at radius 1 is 0.639 bits per heavy atom. The zero-order valence-electron chi connectivity index (χ0n) is 33.1. The molecule has 0 spiro atoms. The van der Waals surface area contributed by atoms with Crippen molar-refractivity contribution in [2.75, 3.05) is 7.11 Å². The maximum Gasteiger partial charge on any atom is 0.330 e. The number of hydrogen-bond donors (Lipinski definition) is 4. The maximum absolute atomic E-state index is 12.8. The molecule has 0 saturated carbocycles. The summed E-state index contributed by atoms with van der Waals surface area (Å²) in [5, 5.41) is 34.3. The minimum Gasteiger partial charge on any atom is -0.577 e. The van der Waals surface area contributed by atoms with Crippen LogP contribution in [-0.4, -0.2) is 63.6 Å². The molecule has 2 aromatic rings. The summed E-state index contributed by atoms with van der Waals surface area (Å²) in [5.41, 5.74) is -0.115. The van der Waals surface area contributed by atoms with E-state index in [1.54, 1.807) is 27.7 Å². The number of carboxylic acids is 3. The Hall–Kier alpha value is -4.64. The molecular weight excluding hydrogens is 799 g/mol. The van der Waals surface area contributed by atoms with Crippen molar-refractivity contribution < 1.29 is 58.9 Å². The number of methoxy groups -OCH3 is 1. The zero-order valence-corrected chi connectivity index (χ0v) is 34.3. The highest BCUT2D eigenvalue weighted by atomic mass is 31.0. The molecule has 0 heterocycles. The fourth-order valence-electron chi connectivity index (χ4n) is 4.77. The minimum atomic E-state index is -1.30. The van der Waals surface area contributed by atoms with Gasteiger partial charge < -0.3 is 34.7 Å². The van der Waals surface area contributed by atoms with Gasteiger partial charge in [0.05, 0.1) is 23.4 Å². The predicted octanol–water partition coefficient (Wildman–Crippen LogP) is 13.0. The smallest absolute Gasteiger partial charge is 0.330 e. The average molecular weight is 888 g/mol. The van der Waals surface area contributed by atoms with Gasteiger partial charge in [-0.05, 0) is 84.4 Å². The molecule has 0 bridgehead atoms. The van der Waals surface area contributed by atoms with Crippen LogP contribution in [0.25, 0.3) is 0 Å². The molecule has 61 heavy (non-hydrogen) atoms. The molecule has 0 amide bonds. The minimum absolute atomic E-state index is 0. The topological polar surface area (TPSA) is 194 Å². The Morgan fingerprint density at radius 2 is 1.00 bits per heavy atom. The summed E-state index contributed by atoms with van der Waals surface area (Å²) in [4.78, 5) is 60.5. The molecule has 0 aliphatic rings. The fraction of sp³-hybridized carbons (Fsp3) is 0.521. The number of esters is 2. The molecular formula is C48H88O12P-. The molecule has 3 atom stereocenters. The normalized spacial score (nSPS) is 11.4. The van der Waals surface area contributed by atoms with Crippen molar-refractivity contribution in [3.05, 3.63) is 108 Å². The first-order valence-electron chi connectivity index (χ1n) is 16.7. The van der Waals surface area contributed by atoms with Gasteiger partial charge in [0.2, 0.25) is 0 Å². The number of carbonyl (C=O) groups is 5. The Bertz CT molecular complexity index is 1480. The molecule has 4 N–H and O–H groups in total. The van der Waals surface area contributed by atoms with E-state index in [1.165, 1.54) is 21.0 Å². The summed E-state index contributed by atoms with van der Waals surface area (Å²) in [7, 11) is 1.28. The standard InChI is InChI=1S/C22H32O6.C11H14O2.2C4H6O2.7CH4.H2P/c1-7-21(4,19(26)28-13-16-11-9-8-10-12-16)15-22(5,17(23)24)14-20(2,3)18(25)27-6;1-9(2)11(13-12)8-10-6-4-3-5-7-10;2*1-3(2)4(5)6;;;;;;;;/h8-12H,7,13-15H2,1-6H3,(H,23,24);3-7,11-12H,1,8H2,2H3;2*1H2,2H3,(H,5,6);7*1H4;1H2/q;;;;;;;;;;;-1. The van der Waals surface area contributed by atoms with Gasteiger partial charge in [0.1, 0.15) is 12.7 Å². The molecule has 2 rings (SSSR count). The first kappa shape index (κ1) is 80.4. The van der Waals surface area contributed by atoms with Crippen LogP contribution in [0.3, 0.4) is 0 Å². The van der Waals surface area contributed by atoms with E-state index in [2.05, 4.69) is 24.6 Å². The lowest BCUT2D eigenvalue weighted by Crippen LogP contribution is -2.43. The van der Waals surface area contributed by atoms with Crippen molar-refractivity contribution in [3.63, 3.8) is 0 Å². The van der Waals surface area contributed by atoms with Crippen LogP contribution in [0.2, 0.25) is 0 Å². The van der Waals surface area contributed by atoms with E-state index in [4.69, 9.17) is 24.9 Å². The van der Waals surface area contributed by atoms with Crippen LogP contribution in [0.15, 0.2) is 97.1 Å². The van der Waals surface area contributed by atoms with Gasteiger partial charge in [0.15, 0.2) is 0 Å². The van der Waals surface area contributed by atoms with Gasteiger partial charge in [0, 0.05) is 17.6 Å². The van der Waals surface area contributed by atoms with Crippen LogP contribution in [0.5, 0.6) is 0 Å². The average Bonchev–Trinajstić information content (AvgIpc) is 3.10. The number of benzene rings is 2. The van der Waals surface area contributed by atoms with Crippen LogP contribution in [-0.2, 0) is 51.4 Å². The maximum atomic E-state index is 12.8. The highest BCUT2D eigenvalue weighted by molar-refractivity contribution is 6.92. The third kappa shape index (κ3) is 32.8. The molecule has 13 heteroatoms. The second-order valence-corrected chi connectivity index (χ2v) is 13.9. The van der Waals surface area contributed by atoms with Crippen molar-refractivity contribution in [1.82, 2.24) is 0 Å². The quantitative estimate of drug-likeness (QED) is 0.0312. The zero-order chi connectivity index (χ0) is 41.6. The fourth-order valence-corrected chi connectivity index (χ4v) is 4.77. The summed E-state index contributed by atoms with van der Waals surface area (Å²) in [6.45, 7) is 23.3. The van der Waals surface area contributed by atoms with Crippen LogP contribution < -0.4 is 0 Å². The molecule has 0 aliphatic carbocycles. The van der Waals surface area contributed by atoms with Gasteiger partial charge in [-0.15, -0.1) is 0 Å². The van der Waals surface area contributed by atoms with Gasteiger partial charge in [-0.25, -0.2) is 14.5 Å². The van der Waals surface area contributed by atoms with Crippen molar-refractivity contribution >= 4 is 39.7 Å². The van der Waals surface area contributed by atoms with Gasteiger partial charge in [-0.2, -0.15) is 0 Å². The van der Waals surface area contributed by atoms with Gasteiger partial charge in [0.25, 0.3) is 0 Å². The highest BCUT2D eigenvalue weighted by Gasteiger charge is 2.49. The van der Waals surface area contributed by atoms with Crippen LogP contribution in [0, 0.1) is 16.2 Å². The molecule has 12 nitrogen and oxygen atoms in total. The first-order valence-corrected chi connectivity index (χ1v) is 16.7. The Kier molecular flexibility index (Phi) is 52.0. The molecule has 0 radical (unpaired) electrons.